The highest BCUT2D eigenvalue weighted by Gasteiger charge is 2.09. The molecule has 0 radical (unpaired) electrons. The van der Waals surface area contributed by atoms with Crippen LogP contribution in [0.5, 0.6) is 0 Å². The summed E-state index contributed by atoms with van der Waals surface area (Å²) in [6.07, 6.45) is 2.26. The molecule has 0 saturated carbocycles. The van der Waals surface area contributed by atoms with Crippen molar-refractivity contribution in [3.05, 3.63) is 10.4 Å². The Bertz CT molecular complexity index is 164. The second kappa shape index (κ2) is 8.52. The number of unbranched alkanes of at least 4 members (excludes halogenated alkanes) is 1. The summed E-state index contributed by atoms with van der Waals surface area (Å²) in [7, 11) is 0. The fourth-order valence-corrected chi connectivity index (χ4v) is 1.05. The summed E-state index contributed by atoms with van der Waals surface area (Å²) in [5.41, 5.74) is 10.6. The lowest BCUT2D eigenvalue weighted by Gasteiger charge is -2.18. The molecule has 14 heavy (non-hydrogen) atoms. The molecule has 0 amide bonds. The molecule has 0 spiro atoms. The third-order valence-corrected chi connectivity index (χ3v) is 1.80. The van der Waals surface area contributed by atoms with Crippen molar-refractivity contribution in [1.29, 1.82) is 0 Å². The third kappa shape index (κ3) is 5.55. The Labute approximate surface area is 83.5 Å². The predicted octanol–water partition coefficient (Wildman–Crippen LogP) is -0.249. The van der Waals surface area contributed by atoms with E-state index in [0.29, 0.717) is 32.6 Å². The molecule has 0 fully saturated rings. The van der Waals surface area contributed by atoms with Crippen LogP contribution in [0.25, 0.3) is 0 Å². The molecule has 7 nitrogen and oxygen atoms in total. The van der Waals surface area contributed by atoms with Crippen molar-refractivity contribution in [2.45, 2.75) is 19.3 Å². The Morgan fingerprint density at radius 2 is 1.64 bits per heavy atom. The van der Waals surface area contributed by atoms with Crippen molar-refractivity contribution in [3.8, 4) is 0 Å². The van der Waals surface area contributed by atoms with Crippen LogP contribution in [0.2, 0.25) is 0 Å². The van der Waals surface area contributed by atoms with Gasteiger partial charge in [-0.1, -0.05) is 0 Å². The van der Waals surface area contributed by atoms with E-state index in [9.17, 15) is 10.4 Å². The van der Waals surface area contributed by atoms with E-state index in [-0.39, 0.29) is 4.97 Å². The topological polar surface area (TPSA) is 117 Å². The monoisotopic (exact) mass is 204 g/mol. The van der Waals surface area contributed by atoms with Crippen LogP contribution in [0.3, 0.4) is 0 Å². The van der Waals surface area contributed by atoms with Crippen LogP contribution < -0.4 is 11.5 Å². The van der Waals surface area contributed by atoms with Crippen LogP contribution in [0, 0.1) is 10.4 Å². The number of nitrogens with two attached hydrogens (primary N) is 2. The quantitative estimate of drug-likeness (QED) is 0.245. The lowest BCUT2D eigenvalue weighted by molar-refractivity contribution is -0.690. The first kappa shape index (κ1) is 12.9. The van der Waals surface area contributed by atoms with Crippen LogP contribution in [0.4, 0.5) is 0 Å². The van der Waals surface area contributed by atoms with Gasteiger partial charge in [0.25, 0.3) is 0 Å². The van der Waals surface area contributed by atoms with Crippen LogP contribution in [-0.2, 0) is 0 Å². The highest BCUT2D eigenvalue weighted by atomic mass is 16.6. The molecule has 0 aliphatic carbocycles. The molecule has 7 heteroatoms. The zero-order valence-electron chi connectivity index (χ0n) is 8.26. The summed E-state index contributed by atoms with van der Waals surface area (Å²) in [4.78, 5) is 0.0756. The summed E-state index contributed by atoms with van der Waals surface area (Å²) >= 11 is 0. The minimum Gasteiger partial charge on any atom is -0.737 e. The molecule has 0 aromatic rings. The molecule has 0 bridgehead atoms. The number of hydrogen-bond acceptors (Lipinski definition) is 5. The molecule has 0 saturated heterocycles. The average molecular weight is 204 g/mol. The molecule has 0 aromatic heterocycles. The van der Waals surface area contributed by atoms with Crippen LogP contribution in [0.1, 0.15) is 19.3 Å². The van der Waals surface area contributed by atoms with E-state index >= 15 is 0 Å². The Morgan fingerprint density at radius 3 is 2.14 bits per heavy atom. The molecule has 4 N–H and O–H groups in total. The molecule has 0 unspecified atom stereocenters. The van der Waals surface area contributed by atoms with Crippen LogP contribution >= 0.6 is 0 Å². The van der Waals surface area contributed by atoms with Gasteiger partial charge in [0.05, 0.1) is 13.1 Å². The maximum absolute atomic E-state index is 10.9. The Balaban J connectivity index is 3.85. The first-order valence-electron chi connectivity index (χ1n) is 4.71. The zero-order valence-corrected chi connectivity index (χ0v) is 8.26. The molecule has 0 aromatic carbocycles. The van der Waals surface area contributed by atoms with Crippen LogP contribution in [-0.4, -0.2) is 36.2 Å². The molecule has 84 valence electrons. The number of nitrogens with zero attached hydrogens (tertiary/aromatic N) is 3. The van der Waals surface area contributed by atoms with Gasteiger partial charge >= 0.3 is 0 Å². The average Bonchev–Trinajstić information content (AvgIpc) is 2.22. The summed E-state index contributed by atoms with van der Waals surface area (Å²) in [5.74, 6) is 0. The van der Waals surface area contributed by atoms with Gasteiger partial charge in [-0.05, 0) is 37.6 Å². The minimum atomic E-state index is 0.0756. The maximum atomic E-state index is 10.9. The SMILES string of the molecule is NCCCCN(CCCN)/[N+]([O-])=N\[O-]. The smallest absolute Gasteiger partial charge is 0.0779 e. The first-order chi connectivity index (χ1) is 6.76. The number of hydrazine groups is 1. The highest BCUT2D eigenvalue weighted by Crippen LogP contribution is 1.97. The Kier molecular flexibility index (Phi) is 7.86. The standard InChI is InChI=1S/C7H19N5O2/c8-4-1-2-6-11(7-3-5-9)12(14)10-13/h13H,1-9H2/p-1/b12-10+. The fraction of sp³-hybridized carbons (Fsp3) is 1.00. The van der Waals surface area contributed by atoms with Crippen molar-refractivity contribution in [1.82, 2.24) is 5.01 Å². The fourth-order valence-electron chi connectivity index (χ4n) is 1.05. The van der Waals surface area contributed by atoms with Crippen molar-refractivity contribution in [2.24, 2.45) is 16.7 Å². The van der Waals surface area contributed by atoms with Crippen LogP contribution in [0.15, 0.2) is 5.28 Å². The Morgan fingerprint density at radius 1 is 1.07 bits per heavy atom. The molecular formula is C7H18N5O2-. The number of hydrogen-bond donors (Lipinski definition) is 2. The van der Waals surface area contributed by atoms with E-state index in [2.05, 4.69) is 5.28 Å². The van der Waals surface area contributed by atoms with Crippen molar-refractivity contribution >= 4 is 0 Å². The summed E-state index contributed by atoms with van der Waals surface area (Å²) in [6.45, 7) is 2.01. The number of rotatable bonds is 8. The lowest BCUT2D eigenvalue weighted by atomic mass is 10.3. The van der Waals surface area contributed by atoms with E-state index in [1.54, 1.807) is 0 Å². The van der Waals surface area contributed by atoms with Gasteiger partial charge in [0.1, 0.15) is 0 Å². The Hall–Kier alpha value is -1.08. The summed E-state index contributed by atoms with van der Waals surface area (Å²) in [5, 5.41) is 24.5. The van der Waals surface area contributed by atoms with Gasteiger partial charge in [-0.2, -0.15) is 0 Å². The van der Waals surface area contributed by atoms with Gasteiger partial charge in [-0.3, -0.25) is 0 Å². The molecule has 0 atom stereocenters. The highest BCUT2D eigenvalue weighted by molar-refractivity contribution is 4.49. The van der Waals surface area contributed by atoms with Gasteiger partial charge in [0, 0.05) is 4.97 Å². The van der Waals surface area contributed by atoms with Crippen molar-refractivity contribution in [2.75, 3.05) is 26.2 Å². The first-order valence-corrected chi connectivity index (χ1v) is 4.71. The normalized spacial score (nSPS) is 11.7. The summed E-state index contributed by atoms with van der Waals surface area (Å²) in [6, 6.07) is 0. The second-order valence-corrected chi connectivity index (χ2v) is 2.93. The van der Waals surface area contributed by atoms with E-state index in [0.717, 1.165) is 12.8 Å². The van der Waals surface area contributed by atoms with E-state index in [4.69, 9.17) is 11.5 Å². The predicted molar refractivity (Wildman–Crippen MR) is 53.0 cm³/mol. The molecule has 0 aliphatic rings. The van der Waals surface area contributed by atoms with Crippen molar-refractivity contribution < 1.29 is 4.97 Å². The molecular weight excluding hydrogens is 186 g/mol. The largest absolute Gasteiger partial charge is 0.737 e. The third-order valence-electron chi connectivity index (χ3n) is 1.80. The zero-order chi connectivity index (χ0) is 10.8. The van der Waals surface area contributed by atoms with E-state index in [1.807, 2.05) is 0 Å². The van der Waals surface area contributed by atoms with Gasteiger partial charge in [0.15, 0.2) is 0 Å². The van der Waals surface area contributed by atoms with Gasteiger partial charge in [0.2, 0.25) is 0 Å². The molecule has 0 aliphatic heterocycles. The van der Waals surface area contributed by atoms with Gasteiger partial charge < -0.3 is 21.9 Å². The second-order valence-electron chi connectivity index (χ2n) is 2.93. The van der Waals surface area contributed by atoms with Gasteiger partial charge in [-0.25, -0.2) is 0 Å². The van der Waals surface area contributed by atoms with Crippen molar-refractivity contribution in [3.63, 3.8) is 0 Å². The maximum Gasteiger partial charge on any atom is 0.0779 e. The summed E-state index contributed by atoms with van der Waals surface area (Å²) < 4.78 is 0. The van der Waals surface area contributed by atoms with E-state index < -0.39 is 0 Å². The molecule has 0 rings (SSSR count). The molecule has 0 heterocycles. The minimum absolute atomic E-state index is 0.0756. The van der Waals surface area contributed by atoms with E-state index in [1.165, 1.54) is 5.01 Å². The lowest BCUT2D eigenvalue weighted by Crippen LogP contribution is -2.33. The van der Waals surface area contributed by atoms with Gasteiger partial charge in [-0.15, -0.1) is 5.01 Å².